The molecule has 0 aromatic heterocycles. The summed E-state index contributed by atoms with van der Waals surface area (Å²) < 4.78 is 47.8. The molecule has 2 N–H and O–H groups in total. The molecule has 2 amide bonds. The van der Waals surface area contributed by atoms with Crippen LogP contribution in [-0.4, -0.2) is 44.3 Å². The van der Waals surface area contributed by atoms with Crippen LogP contribution in [0.25, 0.3) is 0 Å². The second-order valence-electron chi connectivity index (χ2n) is 5.68. The van der Waals surface area contributed by atoms with Crippen molar-refractivity contribution in [3.05, 3.63) is 23.3 Å². The average molecular weight is 420 g/mol. The zero-order valence-electron chi connectivity index (χ0n) is 15.9. The van der Waals surface area contributed by atoms with Crippen molar-refractivity contribution in [2.75, 3.05) is 26.3 Å². The zero-order chi connectivity index (χ0) is 22.6. The Morgan fingerprint density at radius 2 is 1.53 bits per heavy atom. The highest BCUT2D eigenvalue weighted by Gasteiger charge is 2.38. The standard InChI is InChI=1S/C21H19F3N2O4/c1-4-9-25-19(27)15-13-17(29-11-5-2)16(18(14-15)30-12-6-3)8-7-10-26-20(28)21(22,23)24/h1-3,13-14H,7-12H2,(H,25,27)(H,26,28). The van der Waals surface area contributed by atoms with Crippen molar-refractivity contribution in [3.8, 4) is 48.5 Å². The van der Waals surface area contributed by atoms with E-state index >= 15 is 0 Å². The molecule has 1 rings (SSSR count). The Balaban J connectivity index is 3.11. The minimum Gasteiger partial charge on any atom is -0.481 e. The lowest BCUT2D eigenvalue weighted by atomic mass is 10.0. The fraction of sp³-hybridized carbons (Fsp3) is 0.333. The summed E-state index contributed by atoms with van der Waals surface area (Å²) in [7, 11) is 0. The van der Waals surface area contributed by atoms with Crippen LogP contribution in [0.15, 0.2) is 12.1 Å². The highest BCUT2D eigenvalue weighted by molar-refractivity contribution is 5.95. The maximum absolute atomic E-state index is 12.3. The van der Waals surface area contributed by atoms with E-state index in [-0.39, 0.29) is 56.2 Å². The van der Waals surface area contributed by atoms with Gasteiger partial charge in [0.05, 0.1) is 6.54 Å². The lowest BCUT2D eigenvalue weighted by molar-refractivity contribution is -0.173. The van der Waals surface area contributed by atoms with Gasteiger partial charge < -0.3 is 20.1 Å². The van der Waals surface area contributed by atoms with Crippen LogP contribution in [0.5, 0.6) is 11.5 Å². The molecule has 0 saturated carbocycles. The maximum atomic E-state index is 12.3. The van der Waals surface area contributed by atoms with E-state index in [0.717, 1.165) is 0 Å². The van der Waals surface area contributed by atoms with Gasteiger partial charge in [0.15, 0.2) is 0 Å². The molecule has 0 radical (unpaired) electrons. The predicted molar refractivity (Wildman–Crippen MR) is 104 cm³/mol. The Bertz CT molecular complexity index is 850. The minimum atomic E-state index is -4.96. The molecule has 1 aromatic rings. The first-order valence-corrected chi connectivity index (χ1v) is 8.60. The van der Waals surface area contributed by atoms with E-state index < -0.39 is 18.0 Å². The van der Waals surface area contributed by atoms with Crippen LogP contribution in [0, 0.1) is 37.0 Å². The number of hydrogen-bond donors (Lipinski definition) is 2. The first-order valence-electron chi connectivity index (χ1n) is 8.60. The average Bonchev–Trinajstić information content (AvgIpc) is 2.71. The SMILES string of the molecule is C#CCNC(=O)c1cc(OCC#C)c(CCCNC(=O)C(F)(F)F)c(OCC#C)c1. The Hall–Kier alpha value is -3.77. The van der Waals surface area contributed by atoms with Gasteiger partial charge in [-0.3, -0.25) is 9.59 Å². The summed E-state index contributed by atoms with van der Waals surface area (Å²) in [5, 5.41) is 4.27. The number of terminal acetylenes is 3. The number of benzene rings is 1. The molecule has 1 aromatic carbocycles. The van der Waals surface area contributed by atoms with Crippen molar-refractivity contribution in [2.45, 2.75) is 19.0 Å². The van der Waals surface area contributed by atoms with Gasteiger partial charge >= 0.3 is 12.1 Å². The molecule has 0 atom stereocenters. The van der Waals surface area contributed by atoms with E-state index in [9.17, 15) is 22.8 Å². The molecule has 0 heterocycles. The first kappa shape index (κ1) is 24.3. The summed E-state index contributed by atoms with van der Waals surface area (Å²) in [6, 6.07) is 2.82. The van der Waals surface area contributed by atoms with Crippen LogP contribution in [0.2, 0.25) is 0 Å². The van der Waals surface area contributed by atoms with E-state index in [4.69, 9.17) is 28.7 Å². The maximum Gasteiger partial charge on any atom is 0.471 e. The molecule has 6 nitrogen and oxygen atoms in total. The lowest BCUT2D eigenvalue weighted by Crippen LogP contribution is -2.37. The molecule has 9 heteroatoms. The molecule has 0 fully saturated rings. The van der Waals surface area contributed by atoms with Crippen LogP contribution >= 0.6 is 0 Å². The lowest BCUT2D eigenvalue weighted by Gasteiger charge is -2.17. The number of amides is 2. The molecule has 0 aliphatic heterocycles. The predicted octanol–water partition coefficient (Wildman–Crippen LogP) is 1.68. The Morgan fingerprint density at radius 1 is 0.967 bits per heavy atom. The number of alkyl halides is 3. The Labute approximate surface area is 172 Å². The monoisotopic (exact) mass is 420 g/mol. The summed E-state index contributed by atoms with van der Waals surface area (Å²) in [5.41, 5.74) is 0.605. The molecule has 30 heavy (non-hydrogen) atoms. The van der Waals surface area contributed by atoms with Gasteiger partial charge in [-0.15, -0.1) is 19.3 Å². The van der Waals surface area contributed by atoms with Gasteiger partial charge in [-0.1, -0.05) is 17.8 Å². The summed E-state index contributed by atoms with van der Waals surface area (Å²) in [5.74, 6) is 4.72. The van der Waals surface area contributed by atoms with Gasteiger partial charge in [0.1, 0.15) is 24.7 Å². The van der Waals surface area contributed by atoms with Gasteiger partial charge in [0.25, 0.3) is 5.91 Å². The number of rotatable bonds is 10. The molecule has 0 bridgehead atoms. The van der Waals surface area contributed by atoms with Gasteiger partial charge in [-0.25, -0.2) is 0 Å². The zero-order valence-corrected chi connectivity index (χ0v) is 15.9. The molecule has 0 spiro atoms. The first-order chi connectivity index (χ1) is 14.2. The summed E-state index contributed by atoms with van der Waals surface area (Å²) in [6.07, 6.45) is 10.9. The number of halogens is 3. The van der Waals surface area contributed by atoms with Crippen LogP contribution in [0.1, 0.15) is 22.3 Å². The smallest absolute Gasteiger partial charge is 0.471 e. The topological polar surface area (TPSA) is 76.7 Å². The van der Waals surface area contributed by atoms with Crippen molar-refractivity contribution in [1.82, 2.24) is 10.6 Å². The van der Waals surface area contributed by atoms with E-state index in [0.29, 0.717) is 5.56 Å². The third-order valence-corrected chi connectivity index (χ3v) is 3.55. The highest BCUT2D eigenvalue weighted by Crippen LogP contribution is 2.32. The van der Waals surface area contributed by atoms with Crippen LogP contribution in [0.3, 0.4) is 0 Å². The Morgan fingerprint density at radius 3 is 2.00 bits per heavy atom. The van der Waals surface area contributed by atoms with Crippen LogP contribution < -0.4 is 20.1 Å². The number of hydrogen-bond acceptors (Lipinski definition) is 4. The van der Waals surface area contributed by atoms with E-state index in [1.165, 1.54) is 12.1 Å². The van der Waals surface area contributed by atoms with Crippen LogP contribution in [-0.2, 0) is 11.2 Å². The Kier molecular flexibility index (Phi) is 9.65. The highest BCUT2D eigenvalue weighted by atomic mass is 19.4. The van der Waals surface area contributed by atoms with Gasteiger partial charge in [0, 0.05) is 17.7 Å². The normalized spacial score (nSPS) is 10.1. The molecule has 0 aliphatic carbocycles. The van der Waals surface area contributed by atoms with E-state index in [1.54, 1.807) is 5.32 Å². The number of carbonyl (C=O) groups is 2. The number of carbonyl (C=O) groups excluding carboxylic acids is 2. The second kappa shape index (κ2) is 11.9. The van der Waals surface area contributed by atoms with Gasteiger partial charge in [-0.05, 0) is 25.0 Å². The van der Waals surface area contributed by atoms with Gasteiger partial charge in [0.2, 0.25) is 0 Å². The number of ether oxygens (including phenoxy) is 2. The third-order valence-electron chi connectivity index (χ3n) is 3.55. The van der Waals surface area contributed by atoms with Crippen molar-refractivity contribution < 1.29 is 32.2 Å². The molecule has 0 aliphatic rings. The van der Waals surface area contributed by atoms with E-state index in [2.05, 4.69) is 23.1 Å². The molecule has 0 unspecified atom stereocenters. The largest absolute Gasteiger partial charge is 0.481 e. The fourth-order valence-electron chi connectivity index (χ4n) is 2.29. The molecule has 158 valence electrons. The third kappa shape index (κ3) is 7.69. The summed E-state index contributed by atoms with van der Waals surface area (Å²) >= 11 is 0. The van der Waals surface area contributed by atoms with Gasteiger partial charge in [-0.2, -0.15) is 13.2 Å². The van der Waals surface area contributed by atoms with E-state index in [1.807, 2.05) is 0 Å². The molecular formula is C21H19F3N2O4. The fourth-order valence-corrected chi connectivity index (χ4v) is 2.29. The quantitative estimate of drug-likeness (QED) is 0.446. The van der Waals surface area contributed by atoms with Crippen LogP contribution in [0.4, 0.5) is 13.2 Å². The molecule has 0 saturated heterocycles. The number of nitrogens with one attached hydrogen (secondary N) is 2. The molecular weight excluding hydrogens is 401 g/mol. The van der Waals surface area contributed by atoms with Crippen molar-refractivity contribution in [3.63, 3.8) is 0 Å². The summed E-state index contributed by atoms with van der Waals surface area (Å²) in [4.78, 5) is 23.2. The van der Waals surface area contributed by atoms with Crippen molar-refractivity contribution in [1.29, 1.82) is 0 Å². The van der Waals surface area contributed by atoms with Crippen molar-refractivity contribution >= 4 is 11.8 Å². The second-order valence-corrected chi connectivity index (χ2v) is 5.68. The van der Waals surface area contributed by atoms with Crippen molar-refractivity contribution in [2.24, 2.45) is 0 Å². The summed E-state index contributed by atoms with van der Waals surface area (Å²) in [6.45, 7) is -0.490. The minimum absolute atomic E-state index is 0.000576.